The Bertz CT molecular complexity index is 1090. The molecule has 5 rings (SSSR count). The lowest BCUT2D eigenvalue weighted by Crippen LogP contribution is -2.62. The summed E-state index contributed by atoms with van der Waals surface area (Å²) in [6.07, 6.45) is 3.54. The fraction of sp³-hybridized carbons (Fsp3) is 0.367. The van der Waals surface area contributed by atoms with Crippen molar-refractivity contribution in [3.8, 4) is 0 Å². The minimum absolute atomic E-state index is 0.00997. The maximum absolute atomic E-state index is 13.5. The van der Waals surface area contributed by atoms with Crippen molar-refractivity contribution in [2.45, 2.75) is 51.1 Å². The van der Waals surface area contributed by atoms with Crippen LogP contribution in [0, 0.1) is 11.6 Å². The number of para-hydroxylation sites is 1. The monoisotopic (exact) mass is 491 g/mol. The number of piperidine rings is 1. The van der Waals surface area contributed by atoms with E-state index >= 15 is 0 Å². The predicted octanol–water partition coefficient (Wildman–Crippen LogP) is 6.55. The van der Waals surface area contributed by atoms with Gasteiger partial charge in [-0.3, -0.25) is 4.79 Å². The molecule has 3 aromatic carbocycles. The third-order valence-corrected chi connectivity index (χ3v) is 7.12. The van der Waals surface area contributed by atoms with Gasteiger partial charge in [0.05, 0.1) is 5.56 Å². The van der Waals surface area contributed by atoms with Crippen LogP contribution in [0.1, 0.15) is 66.9 Å². The number of nitrogens with one attached hydrogen (secondary N) is 2. The van der Waals surface area contributed by atoms with Crippen LogP contribution in [0.15, 0.2) is 72.8 Å². The number of halogens is 2. The molecule has 1 fully saturated rings. The summed E-state index contributed by atoms with van der Waals surface area (Å²) in [5.74, 6) is -0.429. The lowest BCUT2D eigenvalue weighted by molar-refractivity contribution is 0.0827. The van der Waals surface area contributed by atoms with Crippen LogP contribution in [-0.4, -0.2) is 36.1 Å². The van der Waals surface area contributed by atoms with E-state index in [1.807, 2.05) is 62.4 Å². The molecule has 2 heterocycles. The predicted molar refractivity (Wildman–Crippen MR) is 141 cm³/mol. The van der Waals surface area contributed by atoms with Gasteiger partial charge in [-0.25, -0.2) is 8.78 Å². The maximum Gasteiger partial charge on any atom is 0.255 e. The second-order valence-electron chi connectivity index (χ2n) is 9.35. The molecule has 0 saturated carbocycles. The molecule has 0 aliphatic carbocycles. The number of hydrogen-bond acceptors (Lipinski definition) is 3. The van der Waals surface area contributed by atoms with Crippen LogP contribution in [0.4, 0.5) is 14.5 Å². The van der Waals surface area contributed by atoms with Crippen molar-refractivity contribution in [1.29, 1.82) is 0 Å². The number of hydrogen-bond donors (Lipinski definition) is 2. The number of carbonyl (C=O) groups is 1. The van der Waals surface area contributed by atoms with Crippen molar-refractivity contribution in [1.82, 2.24) is 10.2 Å². The highest BCUT2D eigenvalue weighted by Gasteiger charge is 2.39. The third kappa shape index (κ3) is 5.93. The number of rotatable bonds is 6. The largest absolute Gasteiger partial charge is 0.362 e. The molecule has 2 aliphatic rings. The van der Waals surface area contributed by atoms with Crippen LogP contribution in [0.25, 0.3) is 0 Å². The number of benzene rings is 3. The zero-order valence-electron chi connectivity index (χ0n) is 21.1. The average molecular weight is 492 g/mol. The first kappa shape index (κ1) is 25.8. The Labute approximate surface area is 212 Å². The molecule has 1 amide bonds. The molecule has 0 radical (unpaired) electrons. The van der Waals surface area contributed by atoms with Gasteiger partial charge < -0.3 is 15.5 Å². The third-order valence-electron chi connectivity index (χ3n) is 7.12. The number of likely N-dealkylation sites (tertiary alicyclic amines) is 1. The Morgan fingerprint density at radius 3 is 1.97 bits per heavy atom. The molecule has 6 heteroatoms. The van der Waals surface area contributed by atoms with Gasteiger partial charge in [0.25, 0.3) is 5.91 Å². The van der Waals surface area contributed by atoms with E-state index in [4.69, 9.17) is 0 Å². The van der Waals surface area contributed by atoms with E-state index in [-0.39, 0.29) is 29.1 Å². The molecular weight excluding hydrogens is 456 g/mol. The average Bonchev–Trinajstić information content (AvgIpc) is 2.90. The molecule has 2 aliphatic heterocycles. The molecular formula is C30H35F2N3O. The summed E-state index contributed by atoms with van der Waals surface area (Å²) in [5, 5.41) is 6.77. The standard InChI is InChI=1S/C28H29F2N3O.C2H6/c29-22-11-7-20(8-12-22)24(21-9-13-23(30)14-10-21)5-3-17-33-18-15-28(16-19-33)31-26-6-2-1-4-25(26)27(34)32-28;1-2/h1-2,4,6-14,24,31H,3,5,15-19H2,(H,32,34);1-2H3. The number of amides is 1. The van der Waals surface area contributed by atoms with E-state index < -0.39 is 0 Å². The van der Waals surface area contributed by atoms with Crippen molar-refractivity contribution in [2.24, 2.45) is 0 Å². The van der Waals surface area contributed by atoms with Gasteiger partial charge in [0.15, 0.2) is 0 Å². The van der Waals surface area contributed by atoms with E-state index in [1.54, 1.807) is 0 Å². The van der Waals surface area contributed by atoms with Gasteiger partial charge in [-0.05, 0) is 66.9 Å². The first-order valence-corrected chi connectivity index (χ1v) is 12.9. The summed E-state index contributed by atoms with van der Waals surface area (Å²) in [5.41, 5.74) is 3.30. The van der Waals surface area contributed by atoms with Gasteiger partial charge in [-0.15, -0.1) is 0 Å². The Morgan fingerprint density at radius 2 is 1.39 bits per heavy atom. The van der Waals surface area contributed by atoms with Gasteiger partial charge in [-0.2, -0.15) is 0 Å². The number of carbonyl (C=O) groups excluding carboxylic acids is 1. The minimum Gasteiger partial charge on any atom is -0.362 e. The topological polar surface area (TPSA) is 44.4 Å². The summed E-state index contributed by atoms with van der Waals surface area (Å²) in [6, 6.07) is 20.9. The maximum atomic E-state index is 13.5. The van der Waals surface area contributed by atoms with Crippen LogP contribution >= 0.6 is 0 Å². The number of fused-ring (bicyclic) bond motifs is 1. The van der Waals surface area contributed by atoms with E-state index in [0.717, 1.165) is 62.1 Å². The molecule has 4 nitrogen and oxygen atoms in total. The first-order chi connectivity index (χ1) is 17.5. The fourth-order valence-electron chi connectivity index (χ4n) is 5.21. The molecule has 1 spiro atoms. The van der Waals surface area contributed by atoms with Gasteiger partial charge in [0.2, 0.25) is 0 Å². The smallest absolute Gasteiger partial charge is 0.255 e. The lowest BCUT2D eigenvalue weighted by atomic mass is 9.87. The molecule has 0 aromatic heterocycles. The van der Waals surface area contributed by atoms with Crippen LogP contribution in [-0.2, 0) is 0 Å². The second kappa shape index (κ2) is 11.7. The lowest BCUT2D eigenvalue weighted by Gasteiger charge is -2.46. The van der Waals surface area contributed by atoms with Crippen LogP contribution in [0.5, 0.6) is 0 Å². The van der Waals surface area contributed by atoms with E-state index in [9.17, 15) is 13.6 Å². The highest BCUT2D eigenvalue weighted by molar-refractivity contribution is 6.02. The Morgan fingerprint density at radius 1 is 0.833 bits per heavy atom. The second-order valence-corrected chi connectivity index (χ2v) is 9.35. The number of nitrogens with zero attached hydrogens (tertiary/aromatic N) is 1. The molecule has 0 unspecified atom stereocenters. The summed E-state index contributed by atoms with van der Waals surface area (Å²) in [6.45, 7) is 6.74. The van der Waals surface area contributed by atoms with Crippen molar-refractivity contribution in [2.75, 3.05) is 25.0 Å². The molecule has 3 aromatic rings. The summed E-state index contributed by atoms with van der Waals surface area (Å²) < 4.78 is 26.9. The van der Waals surface area contributed by atoms with Crippen molar-refractivity contribution in [3.05, 3.63) is 101 Å². The normalized spacial score (nSPS) is 16.5. The molecule has 190 valence electrons. The summed E-state index contributed by atoms with van der Waals surface area (Å²) >= 11 is 0. The molecule has 0 bridgehead atoms. The highest BCUT2D eigenvalue weighted by atomic mass is 19.1. The van der Waals surface area contributed by atoms with Crippen molar-refractivity contribution in [3.63, 3.8) is 0 Å². The van der Waals surface area contributed by atoms with E-state index in [0.29, 0.717) is 5.56 Å². The minimum atomic E-state index is -0.382. The van der Waals surface area contributed by atoms with Gasteiger partial charge in [0, 0.05) is 37.5 Å². The molecule has 36 heavy (non-hydrogen) atoms. The Kier molecular flexibility index (Phi) is 8.36. The van der Waals surface area contributed by atoms with E-state index in [2.05, 4.69) is 15.5 Å². The summed E-state index contributed by atoms with van der Waals surface area (Å²) in [7, 11) is 0. The van der Waals surface area contributed by atoms with E-state index in [1.165, 1.54) is 24.3 Å². The zero-order valence-corrected chi connectivity index (χ0v) is 21.1. The van der Waals surface area contributed by atoms with Crippen molar-refractivity contribution < 1.29 is 13.6 Å². The fourth-order valence-corrected chi connectivity index (χ4v) is 5.21. The van der Waals surface area contributed by atoms with Gasteiger partial charge >= 0.3 is 0 Å². The van der Waals surface area contributed by atoms with Crippen LogP contribution in [0.2, 0.25) is 0 Å². The van der Waals surface area contributed by atoms with Crippen LogP contribution < -0.4 is 10.6 Å². The SMILES string of the molecule is CC.O=C1NC2(CCN(CCCC(c3ccc(F)cc3)c3ccc(F)cc3)CC2)Nc2ccccc21. The van der Waals surface area contributed by atoms with Crippen molar-refractivity contribution >= 4 is 11.6 Å². The Hall–Kier alpha value is -3.25. The quantitative estimate of drug-likeness (QED) is 0.411. The molecule has 1 saturated heterocycles. The number of anilines is 1. The molecule has 2 N–H and O–H groups in total. The summed E-state index contributed by atoms with van der Waals surface area (Å²) in [4.78, 5) is 15.0. The first-order valence-electron chi connectivity index (χ1n) is 12.9. The Balaban J connectivity index is 0.00000148. The van der Waals surface area contributed by atoms with Gasteiger partial charge in [0.1, 0.15) is 17.3 Å². The molecule has 0 atom stereocenters. The van der Waals surface area contributed by atoms with Crippen LogP contribution in [0.3, 0.4) is 0 Å². The highest BCUT2D eigenvalue weighted by Crippen LogP contribution is 2.33. The zero-order chi connectivity index (χ0) is 25.5. The van der Waals surface area contributed by atoms with Gasteiger partial charge in [-0.1, -0.05) is 50.2 Å².